The first-order valence-corrected chi connectivity index (χ1v) is 8.70. The second-order valence-electron chi connectivity index (χ2n) is 4.54. The van der Waals surface area contributed by atoms with Crippen molar-refractivity contribution in [2.75, 3.05) is 20.8 Å². The van der Waals surface area contributed by atoms with E-state index < -0.39 is 57.9 Å². The molecule has 1 rings (SSSR count). The van der Waals surface area contributed by atoms with Crippen LogP contribution < -0.4 is 0 Å². The summed E-state index contributed by atoms with van der Waals surface area (Å²) in [5.41, 5.74) is 0. The van der Waals surface area contributed by atoms with Crippen LogP contribution in [0.2, 0.25) is 0 Å². The van der Waals surface area contributed by atoms with Crippen molar-refractivity contribution >= 4 is 20.8 Å². The molecule has 0 spiro atoms. The summed E-state index contributed by atoms with van der Waals surface area (Å²) >= 11 is 0. The molecular weight excluding hydrogens is 348 g/mol. The van der Waals surface area contributed by atoms with Crippen LogP contribution in [0.25, 0.3) is 0 Å². The standard InChI is InChI=1S/C9H18O11S2/c1-5-6(4-18-21(10,11)12)19-9(17-3)8(7(5)16-2)20-22(13,14)15/h5-9H,4H2,1-3H3,(H,10,11,12)(H,13,14,15)/t5-,6?,7+,8?,9?/m1/s1. The smallest absolute Gasteiger partial charge is 0.378 e. The maximum atomic E-state index is 10.9. The van der Waals surface area contributed by atoms with E-state index in [1.54, 1.807) is 6.92 Å². The molecule has 0 aromatic heterocycles. The van der Waals surface area contributed by atoms with E-state index in [1.165, 1.54) is 14.2 Å². The van der Waals surface area contributed by atoms with Crippen LogP contribution in [0.4, 0.5) is 0 Å². The maximum absolute atomic E-state index is 10.9. The van der Waals surface area contributed by atoms with Gasteiger partial charge in [0.05, 0.1) is 18.8 Å². The highest BCUT2D eigenvalue weighted by Gasteiger charge is 2.47. The van der Waals surface area contributed by atoms with Crippen molar-refractivity contribution in [1.82, 2.24) is 0 Å². The van der Waals surface area contributed by atoms with E-state index in [1.807, 2.05) is 0 Å². The zero-order valence-corrected chi connectivity index (χ0v) is 13.6. The van der Waals surface area contributed by atoms with Gasteiger partial charge in [-0.1, -0.05) is 6.92 Å². The summed E-state index contributed by atoms with van der Waals surface area (Å²) < 4.78 is 84.5. The van der Waals surface area contributed by atoms with Crippen LogP contribution in [-0.4, -0.2) is 71.4 Å². The summed E-state index contributed by atoms with van der Waals surface area (Å²) in [7, 11) is -7.01. The quantitative estimate of drug-likeness (QED) is 0.534. The zero-order valence-electron chi connectivity index (χ0n) is 12.0. The molecule has 1 saturated heterocycles. The molecular formula is C9H18O11S2. The first-order valence-electron chi connectivity index (χ1n) is 5.97. The van der Waals surface area contributed by atoms with Gasteiger partial charge in [-0.2, -0.15) is 16.8 Å². The van der Waals surface area contributed by atoms with Crippen LogP contribution in [-0.2, 0) is 43.4 Å². The Hall–Kier alpha value is -0.380. The molecule has 22 heavy (non-hydrogen) atoms. The van der Waals surface area contributed by atoms with E-state index in [4.69, 9.17) is 23.3 Å². The van der Waals surface area contributed by atoms with Gasteiger partial charge in [0.1, 0.15) is 0 Å². The Balaban J connectivity index is 2.94. The number of rotatable bonds is 7. The van der Waals surface area contributed by atoms with Crippen molar-refractivity contribution in [2.45, 2.75) is 31.5 Å². The average Bonchev–Trinajstić information content (AvgIpc) is 2.35. The molecule has 1 aliphatic heterocycles. The highest BCUT2D eigenvalue weighted by atomic mass is 32.3. The molecule has 1 heterocycles. The third-order valence-electron chi connectivity index (χ3n) is 3.12. The predicted molar refractivity (Wildman–Crippen MR) is 69.6 cm³/mol. The molecule has 0 aromatic rings. The van der Waals surface area contributed by atoms with Gasteiger partial charge in [0.2, 0.25) is 0 Å². The van der Waals surface area contributed by atoms with Gasteiger partial charge in [-0.25, -0.2) is 8.37 Å². The second-order valence-corrected chi connectivity index (χ2v) is 6.68. The van der Waals surface area contributed by atoms with E-state index in [0.29, 0.717) is 0 Å². The molecule has 132 valence electrons. The summed E-state index contributed by atoms with van der Waals surface area (Å²) in [5.74, 6) is -0.607. The van der Waals surface area contributed by atoms with Gasteiger partial charge < -0.3 is 14.2 Å². The van der Waals surface area contributed by atoms with Crippen molar-refractivity contribution in [1.29, 1.82) is 0 Å². The first kappa shape index (κ1) is 19.7. The Morgan fingerprint density at radius 3 is 2.00 bits per heavy atom. The Kier molecular flexibility index (Phi) is 6.67. The van der Waals surface area contributed by atoms with Crippen LogP contribution in [0.3, 0.4) is 0 Å². The fraction of sp³-hybridized carbons (Fsp3) is 1.00. The second kappa shape index (κ2) is 7.46. The van der Waals surface area contributed by atoms with E-state index >= 15 is 0 Å². The van der Waals surface area contributed by atoms with Crippen LogP contribution in [0.15, 0.2) is 0 Å². The van der Waals surface area contributed by atoms with E-state index in [2.05, 4.69) is 8.37 Å². The minimum atomic E-state index is -4.79. The van der Waals surface area contributed by atoms with Crippen LogP contribution >= 0.6 is 0 Å². The minimum absolute atomic E-state index is 0.543. The summed E-state index contributed by atoms with van der Waals surface area (Å²) in [6.45, 7) is 1.01. The SMILES string of the molecule is COC1OC(COS(=O)(=O)O)[C@@H](C)[C@H](OC)C1OS(=O)(=O)O. The molecule has 0 saturated carbocycles. The predicted octanol–water partition coefficient (Wildman–Crippen LogP) is -0.984. The van der Waals surface area contributed by atoms with Crippen molar-refractivity contribution in [3.05, 3.63) is 0 Å². The van der Waals surface area contributed by atoms with Crippen LogP contribution in [0.1, 0.15) is 6.92 Å². The molecule has 0 radical (unpaired) electrons. The van der Waals surface area contributed by atoms with Crippen molar-refractivity contribution < 1.29 is 48.5 Å². The normalized spacial score (nSPS) is 33.8. The topological polar surface area (TPSA) is 155 Å². The van der Waals surface area contributed by atoms with E-state index in [9.17, 15) is 16.8 Å². The highest BCUT2D eigenvalue weighted by molar-refractivity contribution is 7.81. The Labute approximate surface area is 128 Å². The van der Waals surface area contributed by atoms with E-state index in [-0.39, 0.29) is 0 Å². The third-order valence-corrected chi connectivity index (χ3v) is 4.02. The number of methoxy groups -OCH3 is 2. The molecule has 13 heteroatoms. The van der Waals surface area contributed by atoms with Gasteiger partial charge in [0.25, 0.3) is 0 Å². The molecule has 0 amide bonds. The lowest BCUT2D eigenvalue weighted by atomic mass is 9.91. The highest BCUT2D eigenvalue weighted by Crippen LogP contribution is 2.31. The Morgan fingerprint density at radius 1 is 1.00 bits per heavy atom. The lowest BCUT2D eigenvalue weighted by Crippen LogP contribution is -2.57. The van der Waals surface area contributed by atoms with E-state index in [0.717, 1.165) is 0 Å². The molecule has 3 unspecified atom stereocenters. The summed E-state index contributed by atoms with van der Waals surface area (Å²) in [6.07, 6.45) is -4.42. The fourth-order valence-corrected chi connectivity index (χ4v) is 2.95. The Bertz CT molecular complexity index is 556. The molecule has 5 atom stereocenters. The lowest BCUT2D eigenvalue weighted by molar-refractivity contribution is -0.277. The number of ether oxygens (including phenoxy) is 3. The lowest BCUT2D eigenvalue weighted by Gasteiger charge is -2.43. The summed E-state index contributed by atoms with van der Waals surface area (Å²) in [4.78, 5) is 0. The number of hydrogen-bond donors (Lipinski definition) is 2. The fourth-order valence-electron chi connectivity index (χ4n) is 2.16. The van der Waals surface area contributed by atoms with Crippen molar-refractivity contribution in [2.24, 2.45) is 5.92 Å². The minimum Gasteiger partial charge on any atom is -0.378 e. The maximum Gasteiger partial charge on any atom is 0.397 e. The first-order chi connectivity index (χ1) is 9.98. The molecule has 1 aliphatic rings. The van der Waals surface area contributed by atoms with Crippen LogP contribution in [0, 0.1) is 5.92 Å². The molecule has 11 nitrogen and oxygen atoms in total. The molecule has 1 fully saturated rings. The number of hydrogen-bond acceptors (Lipinski definition) is 9. The largest absolute Gasteiger partial charge is 0.397 e. The third kappa shape index (κ3) is 5.68. The Morgan fingerprint density at radius 2 is 1.59 bits per heavy atom. The van der Waals surface area contributed by atoms with Gasteiger partial charge >= 0.3 is 20.8 Å². The molecule has 0 aromatic carbocycles. The van der Waals surface area contributed by atoms with Gasteiger partial charge in [-0.05, 0) is 0 Å². The summed E-state index contributed by atoms with van der Waals surface area (Å²) in [5, 5.41) is 0. The average molecular weight is 366 g/mol. The molecule has 0 aliphatic carbocycles. The molecule has 2 N–H and O–H groups in total. The zero-order chi connectivity index (χ0) is 17.1. The van der Waals surface area contributed by atoms with Gasteiger partial charge in [0.15, 0.2) is 12.4 Å². The van der Waals surface area contributed by atoms with Crippen molar-refractivity contribution in [3.8, 4) is 0 Å². The van der Waals surface area contributed by atoms with Gasteiger partial charge in [0, 0.05) is 20.1 Å². The summed E-state index contributed by atoms with van der Waals surface area (Å²) in [6, 6.07) is 0. The monoisotopic (exact) mass is 366 g/mol. The van der Waals surface area contributed by atoms with Gasteiger partial charge in [-0.3, -0.25) is 9.11 Å². The van der Waals surface area contributed by atoms with Gasteiger partial charge in [-0.15, -0.1) is 0 Å². The van der Waals surface area contributed by atoms with Crippen molar-refractivity contribution in [3.63, 3.8) is 0 Å². The molecule has 0 bridgehead atoms. The van der Waals surface area contributed by atoms with Crippen LogP contribution in [0.5, 0.6) is 0 Å².